The van der Waals surface area contributed by atoms with E-state index in [-0.39, 0.29) is 0 Å². The van der Waals surface area contributed by atoms with Gasteiger partial charge in [-0.2, -0.15) is 0 Å². The zero-order valence-electron chi connectivity index (χ0n) is 11.5. The Morgan fingerprint density at radius 1 is 0.938 bits per heavy atom. The van der Waals surface area contributed by atoms with Crippen molar-refractivity contribution in [1.82, 2.24) is 0 Å². The summed E-state index contributed by atoms with van der Waals surface area (Å²) >= 11 is 0. The second-order valence-electron chi connectivity index (χ2n) is 6.03. The van der Waals surface area contributed by atoms with Gasteiger partial charge in [0.1, 0.15) is 0 Å². The van der Waals surface area contributed by atoms with Gasteiger partial charge in [-0.1, -0.05) is 58.6 Å². The molecule has 94 valence electrons. The molecule has 0 aromatic carbocycles. The van der Waals surface area contributed by atoms with Crippen molar-refractivity contribution in [2.45, 2.75) is 72.1 Å². The van der Waals surface area contributed by atoms with E-state index in [1.165, 1.54) is 51.4 Å². The van der Waals surface area contributed by atoms with Crippen LogP contribution in [0.15, 0.2) is 12.2 Å². The van der Waals surface area contributed by atoms with Crippen LogP contribution in [0.2, 0.25) is 0 Å². The average molecular weight is 222 g/mol. The van der Waals surface area contributed by atoms with Crippen molar-refractivity contribution in [3.8, 4) is 0 Å². The molecule has 0 aliphatic heterocycles. The predicted molar refractivity (Wildman–Crippen MR) is 73.6 cm³/mol. The number of rotatable bonds is 1. The van der Waals surface area contributed by atoms with Gasteiger partial charge in [-0.25, -0.2) is 0 Å². The molecule has 0 heterocycles. The van der Waals surface area contributed by atoms with Crippen LogP contribution < -0.4 is 0 Å². The lowest BCUT2D eigenvalue weighted by Crippen LogP contribution is -2.10. The highest BCUT2D eigenvalue weighted by molar-refractivity contribution is 4.85. The van der Waals surface area contributed by atoms with Crippen LogP contribution in [0.25, 0.3) is 0 Å². The molecule has 0 N–H and O–H groups in total. The van der Waals surface area contributed by atoms with E-state index in [9.17, 15) is 0 Å². The summed E-state index contributed by atoms with van der Waals surface area (Å²) in [6, 6.07) is 0. The first-order valence-electron chi connectivity index (χ1n) is 7.35. The van der Waals surface area contributed by atoms with E-state index in [1.54, 1.807) is 0 Å². The average Bonchev–Trinajstić information content (AvgIpc) is 2.23. The first-order valence-corrected chi connectivity index (χ1v) is 7.35. The van der Waals surface area contributed by atoms with Gasteiger partial charge in [0.2, 0.25) is 0 Å². The lowest BCUT2D eigenvalue weighted by Gasteiger charge is -2.22. The quantitative estimate of drug-likeness (QED) is 0.508. The van der Waals surface area contributed by atoms with Crippen molar-refractivity contribution in [2.24, 2.45) is 17.8 Å². The van der Waals surface area contributed by atoms with E-state index >= 15 is 0 Å². The van der Waals surface area contributed by atoms with Gasteiger partial charge in [0.15, 0.2) is 0 Å². The van der Waals surface area contributed by atoms with Crippen LogP contribution in [-0.2, 0) is 0 Å². The van der Waals surface area contributed by atoms with E-state index < -0.39 is 0 Å². The summed E-state index contributed by atoms with van der Waals surface area (Å²) in [6.45, 7) is 7.21. The highest BCUT2D eigenvalue weighted by atomic mass is 14.2. The summed E-state index contributed by atoms with van der Waals surface area (Å²) in [5.41, 5.74) is 0. The van der Waals surface area contributed by atoms with Gasteiger partial charge in [0, 0.05) is 0 Å². The second-order valence-corrected chi connectivity index (χ2v) is 6.03. The van der Waals surface area contributed by atoms with Gasteiger partial charge in [-0.15, -0.1) is 0 Å². The molecule has 1 aliphatic carbocycles. The molecule has 0 saturated heterocycles. The third-order valence-electron chi connectivity index (χ3n) is 4.15. The maximum atomic E-state index is 2.44. The molecule has 0 nitrogen and oxygen atoms in total. The second kappa shape index (κ2) is 7.92. The normalized spacial score (nSPS) is 29.8. The largest absolute Gasteiger partial charge is 0.0885 e. The predicted octanol–water partition coefficient (Wildman–Crippen LogP) is 5.59. The maximum absolute atomic E-state index is 2.44. The SMILES string of the molecule is CC1CCCCCC=CCC(C(C)C)CC1. The van der Waals surface area contributed by atoms with Gasteiger partial charge in [0.05, 0.1) is 0 Å². The molecule has 1 rings (SSSR count). The molecule has 0 aromatic heterocycles. The molecule has 1 aliphatic rings. The lowest BCUT2D eigenvalue weighted by molar-refractivity contribution is 0.318. The molecule has 16 heavy (non-hydrogen) atoms. The Morgan fingerprint density at radius 2 is 1.75 bits per heavy atom. The summed E-state index contributed by atoms with van der Waals surface area (Å²) < 4.78 is 0. The first kappa shape index (κ1) is 13.8. The van der Waals surface area contributed by atoms with E-state index in [0.29, 0.717) is 0 Å². The molecule has 0 amide bonds. The summed E-state index contributed by atoms with van der Waals surface area (Å²) in [5.74, 6) is 2.71. The third kappa shape index (κ3) is 5.72. The summed E-state index contributed by atoms with van der Waals surface area (Å²) in [7, 11) is 0. The van der Waals surface area contributed by atoms with E-state index in [0.717, 1.165) is 17.8 Å². The van der Waals surface area contributed by atoms with Crippen molar-refractivity contribution in [2.75, 3.05) is 0 Å². The Labute approximate surface area is 103 Å². The minimum atomic E-state index is 0.847. The fourth-order valence-corrected chi connectivity index (χ4v) is 2.69. The van der Waals surface area contributed by atoms with Crippen molar-refractivity contribution in [3.63, 3.8) is 0 Å². The molecule has 2 atom stereocenters. The molecule has 0 bridgehead atoms. The topological polar surface area (TPSA) is 0 Å². The fraction of sp³-hybridized carbons (Fsp3) is 0.875. The summed E-state index contributed by atoms with van der Waals surface area (Å²) in [4.78, 5) is 0. The van der Waals surface area contributed by atoms with Crippen molar-refractivity contribution >= 4 is 0 Å². The van der Waals surface area contributed by atoms with Crippen LogP contribution in [-0.4, -0.2) is 0 Å². The van der Waals surface area contributed by atoms with Crippen LogP contribution in [0.1, 0.15) is 72.1 Å². The van der Waals surface area contributed by atoms with Gasteiger partial charge in [0.25, 0.3) is 0 Å². The minimum absolute atomic E-state index is 0.847. The Bertz CT molecular complexity index is 190. The van der Waals surface area contributed by atoms with E-state index in [4.69, 9.17) is 0 Å². The molecule has 0 spiro atoms. The number of hydrogen-bond donors (Lipinski definition) is 0. The monoisotopic (exact) mass is 222 g/mol. The van der Waals surface area contributed by atoms with Gasteiger partial charge >= 0.3 is 0 Å². The Balaban J connectivity index is 2.45. The molecule has 0 aromatic rings. The Hall–Kier alpha value is -0.260. The van der Waals surface area contributed by atoms with Crippen LogP contribution in [0.4, 0.5) is 0 Å². The van der Waals surface area contributed by atoms with E-state index in [2.05, 4.69) is 32.9 Å². The number of hydrogen-bond acceptors (Lipinski definition) is 0. The molecular weight excluding hydrogens is 192 g/mol. The van der Waals surface area contributed by atoms with Gasteiger partial charge in [-0.05, 0) is 43.4 Å². The first-order chi connectivity index (χ1) is 7.70. The van der Waals surface area contributed by atoms with Crippen LogP contribution in [0.3, 0.4) is 0 Å². The molecule has 0 radical (unpaired) electrons. The van der Waals surface area contributed by atoms with Gasteiger partial charge in [-0.3, -0.25) is 0 Å². The van der Waals surface area contributed by atoms with Crippen molar-refractivity contribution < 1.29 is 0 Å². The van der Waals surface area contributed by atoms with Crippen LogP contribution >= 0.6 is 0 Å². The third-order valence-corrected chi connectivity index (χ3v) is 4.15. The van der Waals surface area contributed by atoms with E-state index in [1.807, 2.05) is 0 Å². The standard InChI is InChI=1S/C16H30/c1-14(2)16-11-9-7-5-4-6-8-10-15(3)12-13-16/h7,9,14-16H,4-6,8,10-13H2,1-3H3. The molecule has 2 unspecified atom stereocenters. The van der Waals surface area contributed by atoms with Crippen LogP contribution in [0.5, 0.6) is 0 Å². The zero-order chi connectivity index (χ0) is 11.8. The maximum Gasteiger partial charge on any atom is -0.0320 e. The Morgan fingerprint density at radius 3 is 2.50 bits per heavy atom. The summed E-state index contributed by atoms with van der Waals surface area (Å²) in [6.07, 6.45) is 16.1. The van der Waals surface area contributed by atoms with Gasteiger partial charge < -0.3 is 0 Å². The van der Waals surface area contributed by atoms with Crippen molar-refractivity contribution in [3.05, 3.63) is 12.2 Å². The molecule has 0 fully saturated rings. The Kier molecular flexibility index (Phi) is 6.84. The molecule has 0 saturated carbocycles. The van der Waals surface area contributed by atoms with Crippen molar-refractivity contribution in [1.29, 1.82) is 0 Å². The lowest BCUT2D eigenvalue weighted by atomic mass is 9.84. The summed E-state index contributed by atoms with van der Waals surface area (Å²) in [5, 5.41) is 0. The molecule has 0 heteroatoms. The minimum Gasteiger partial charge on any atom is -0.0885 e. The highest BCUT2D eigenvalue weighted by Gasteiger charge is 2.13. The highest BCUT2D eigenvalue weighted by Crippen LogP contribution is 2.26. The fourth-order valence-electron chi connectivity index (χ4n) is 2.69. The molecular formula is C16H30. The number of allylic oxidation sites excluding steroid dienone is 2. The smallest absolute Gasteiger partial charge is 0.0320 e. The zero-order valence-corrected chi connectivity index (χ0v) is 11.5. The van der Waals surface area contributed by atoms with Crippen LogP contribution in [0, 0.1) is 17.8 Å².